The van der Waals surface area contributed by atoms with Gasteiger partial charge in [-0.05, 0) is 46.6 Å². The Balaban J connectivity index is 2.65. The van der Waals surface area contributed by atoms with Crippen molar-refractivity contribution in [1.82, 2.24) is 5.32 Å². The van der Waals surface area contributed by atoms with Gasteiger partial charge in [-0.3, -0.25) is 0 Å². The summed E-state index contributed by atoms with van der Waals surface area (Å²) in [5, 5.41) is 3.15. The van der Waals surface area contributed by atoms with Gasteiger partial charge in [0.05, 0.1) is 17.1 Å². The molecule has 0 aromatic carbocycles. The molecule has 1 aliphatic heterocycles. The topological polar surface area (TPSA) is 55.4 Å². The molecule has 0 amide bonds. The largest absolute Gasteiger partial charge is 0.378 e. The summed E-state index contributed by atoms with van der Waals surface area (Å²) in [5.74, 6) is 0.270. The molecule has 0 aromatic rings. The first kappa shape index (κ1) is 16.9. The molecule has 1 rings (SSSR count). The van der Waals surface area contributed by atoms with Gasteiger partial charge in [0, 0.05) is 18.6 Å². The van der Waals surface area contributed by atoms with E-state index >= 15 is 0 Å². The molecule has 0 aromatic heterocycles. The molecule has 1 aliphatic rings. The molecule has 0 radical (unpaired) electrons. The molecule has 1 N–H and O–H groups in total. The van der Waals surface area contributed by atoms with E-state index in [1.165, 1.54) is 0 Å². The lowest BCUT2D eigenvalue weighted by atomic mass is 9.79. The smallest absolute Gasteiger partial charge is 0.152 e. The molecule has 19 heavy (non-hydrogen) atoms. The van der Waals surface area contributed by atoms with E-state index in [9.17, 15) is 8.42 Å². The third kappa shape index (κ3) is 4.43. The van der Waals surface area contributed by atoms with Crippen molar-refractivity contribution in [3.05, 3.63) is 0 Å². The van der Waals surface area contributed by atoms with E-state index in [4.69, 9.17) is 4.74 Å². The fraction of sp³-hybridized carbons (Fsp3) is 1.00. The Kier molecular flexibility index (Phi) is 6.27. The van der Waals surface area contributed by atoms with E-state index in [-0.39, 0.29) is 22.5 Å². The highest BCUT2D eigenvalue weighted by atomic mass is 32.2. The first-order valence-corrected chi connectivity index (χ1v) is 9.09. The van der Waals surface area contributed by atoms with Crippen LogP contribution >= 0.6 is 0 Å². The molecule has 1 saturated heterocycles. The lowest BCUT2D eigenvalue weighted by molar-refractivity contribution is 0.0614. The van der Waals surface area contributed by atoms with E-state index in [1.807, 2.05) is 0 Å². The zero-order valence-electron chi connectivity index (χ0n) is 12.7. The summed E-state index contributed by atoms with van der Waals surface area (Å²) in [7, 11) is -2.96. The normalized spacial score (nSPS) is 28.2. The number of ether oxygens (including phenoxy) is 1. The molecular formula is C14H29NO3S. The average Bonchev–Trinajstić information content (AvgIpc) is 2.69. The van der Waals surface area contributed by atoms with Gasteiger partial charge in [0.25, 0.3) is 0 Å². The Morgan fingerprint density at radius 1 is 1.42 bits per heavy atom. The molecule has 0 bridgehead atoms. The first-order valence-electron chi connectivity index (χ1n) is 7.38. The number of hydrogen-bond acceptors (Lipinski definition) is 4. The van der Waals surface area contributed by atoms with Crippen molar-refractivity contribution in [3.8, 4) is 0 Å². The summed E-state index contributed by atoms with van der Waals surface area (Å²) in [6, 6.07) is 0. The van der Waals surface area contributed by atoms with Crippen LogP contribution in [0.4, 0.5) is 0 Å². The van der Waals surface area contributed by atoms with Crippen LogP contribution in [-0.2, 0) is 14.6 Å². The van der Waals surface area contributed by atoms with Crippen molar-refractivity contribution in [2.24, 2.45) is 5.41 Å². The summed E-state index contributed by atoms with van der Waals surface area (Å²) in [4.78, 5) is 0. The molecular weight excluding hydrogens is 262 g/mol. The van der Waals surface area contributed by atoms with Crippen LogP contribution in [0.3, 0.4) is 0 Å². The fourth-order valence-corrected chi connectivity index (χ4v) is 3.73. The van der Waals surface area contributed by atoms with Gasteiger partial charge in [-0.1, -0.05) is 6.92 Å². The minimum Gasteiger partial charge on any atom is -0.378 e. The zero-order chi connectivity index (χ0) is 14.5. The van der Waals surface area contributed by atoms with Crippen molar-refractivity contribution in [2.75, 3.05) is 25.4 Å². The van der Waals surface area contributed by atoms with Crippen molar-refractivity contribution in [1.29, 1.82) is 0 Å². The second kappa shape index (κ2) is 7.04. The van der Waals surface area contributed by atoms with Gasteiger partial charge < -0.3 is 10.1 Å². The van der Waals surface area contributed by atoms with E-state index in [0.717, 1.165) is 32.5 Å². The predicted molar refractivity (Wildman–Crippen MR) is 79.2 cm³/mol. The molecule has 1 fully saturated rings. The van der Waals surface area contributed by atoms with Gasteiger partial charge in [-0.2, -0.15) is 0 Å². The van der Waals surface area contributed by atoms with Gasteiger partial charge in [-0.25, -0.2) is 8.42 Å². The Morgan fingerprint density at radius 3 is 2.58 bits per heavy atom. The van der Waals surface area contributed by atoms with Gasteiger partial charge in [0.2, 0.25) is 0 Å². The van der Waals surface area contributed by atoms with Crippen LogP contribution in [0.15, 0.2) is 0 Å². The van der Waals surface area contributed by atoms with Crippen LogP contribution in [0, 0.1) is 5.41 Å². The maximum absolute atomic E-state index is 12.0. The Hall–Kier alpha value is -0.130. The lowest BCUT2D eigenvalue weighted by Gasteiger charge is -2.33. The maximum atomic E-state index is 12.0. The third-order valence-corrected chi connectivity index (χ3v) is 6.55. The van der Waals surface area contributed by atoms with Crippen LogP contribution in [0.1, 0.15) is 47.0 Å². The SMILES string of the molecule is CCCNCC1(CCS(=O)(=O)C(C)C)CCOC1C. The van der Waals surface area contributed by atoms with E-state index in [2.05, 4.69) is 19.2 Å². The van der Waals surface area contributed by atoms with Gasteiger partial charge in [0.1, 0.15) is 0 Å². The number of hydrogen-bond donors (Lipinski definition) is 1. The van der Waals surface area contributed by atoms with E-state index in [0.29, 0.717) is 6.42 Å². The highest BCUT2D eigenvalue weighted by Crippen LogP contribution is 2.38. The van der Waals surface area contributed by atoms with Gasteiger partial charge in [0.15, 0.2) is 9.84 Å². The van der Waals surface area contributed by atoms with Crippen LogP contribution in [0.2, 0.25) is 0 Å². The number of sulfone groups is 1. The maximum Gasteiger partial charge on any atom is 0.152 e. The summed E-state index contributed by atoms with van der Waals surface area (Å²) >= 11 is 0. The quantitative estimate of drug-likeness (QED) is 0.695. The molecule has 5 heteroatoms. The predicted octanol–water partition coefficient (Wildman–Crippen LogP) is 1.99. The number of nitrogens with one attached hydrogen (secondary N) is 1. The van der Waals surface area contributed by atoms with Crippen molar-refractivity contribution in [2.45, 2.75) is 58.3 Å². The zero-order valence-corrected chi connectivity index (χ0v) is 13.6. The third-order valence-electron chi connectivity index (χ3n) is 4.34. The summed E-state index contributed by atoms with van der Waals surface area (Å²) in [6.07, 6.45) is 2.89. The standard InChI is InChI=1S/C14H29NO3S/c1-5-8-15-11-14(6-9-18-13(14)4)7-10-19(16,17)12(2)3/h12-13,15H,5-11H2,1-4H3. The highest BCUT2D eigenvalue weighted by Gasteiger charge is 2.41. The molecule has 0 spiro atoms. The molecule has 2 atom stereocenters. The summed E-state index contributed by atoms with van der Waals surface area (Å²) in [6.45, 7) is 10.3. The van der Waals surface area contributed by atoms with Crippen LogP contribution in [-0.4, -0.2) is 45.2 Å². The van der Waals surface area contributed by atoms with Gasteiger partial charge >= 0.3 is 0 Å². The van der Waals surface area contributed by atoms with E-state index in [1.54, 1.807) is 13.8 Å². The fourth-order valence-electron chi connectivity index (χ4n) is 2.56. The second-order valence-corrected chi connectivity index (χ2v) is 8.64. The van der Waals surface area contributed by atoms with Crippen molar-refractivity contribution >= 4 is 9.84 Å². The molecule has 0 saturated carbocycles. The minimum absolute atomic E-state index is 0.0167. The first-order chi connectivity index (χ1) is 8.84. The number of rotatable bonds is 8. The van der Waals surface area contributed by atoms with Crippen LogP contribution < -0.4 is 5.32 Å². The van der Waals surface area contributed by atoms with Crippen LogP contribution in [0.25, 0.3) is 0 Å². The Labute approximate surface area is 118 Å². The van der Waals surface area contributed by atoms with Gasteiger partial charge in [-0.15, -0.1) is 0 Å². The molecule has 1 heterocycles. The Morgan fingerprint density at radius 2 is 2.11 bits per heavy atom. The second-order valence-electron chi connectivity index (χ2n) is 5.97. The average molecular weight is 291 g/mol. The lowest BCUT2D eigenvalue weighted by Crippen LogP contribution is -2.41. The monoisotopic (exact) mass is 291 g/mol. The van der Waals surface area contributed by atoms with E-state index < -0.39 is 9.84 Å². The molecule has 4 nitrogen and oxygen atoms in total. The highest BCUT2D eigenvalue weighted by molar-refractivity contribution is 7.91. The minimum atomic E-state index is -2.96. The Bertz CT molecular complexity index is 367. The summed E-state index contributed by atoms with van der Waals surface area (Å²) < 4.78 is 29.7. The van der Waals surface area contributed by atoms with Crippen molar-refractivity contribution < 1.29 is 13.2 Å². The van der Waals surface area contributed by atoms with Crippen LogP contribution in [0.5, 0.6) is 0 Å². The molecule has 114 valence electrons. The summed E-state index contributed by atoms with van der Waals surface area (Å²) in [5.41, 5.74) is -0.0167. The van der Waals surface area contributed by atoms with Crippen molar-refractivity contribution in [3.63, 3.8) is 0 Å². The molecule has 2 unspecified atom stereocenters. The molecule has 0 aliphatic carbocycles.